The molecule has 0 atom stereocenters. The molecule has 2 aromatic carbocycles. The predicted octanol–water partition coefficient (Wildman–Crippen LogP) is 3.61. The van der Waals surface area contributed by atoms with Crippen molar-refractivity contribution in [1.29, 1.82) is 0 Å². The minimum absolute atomic E-state index is 0.0827. The number of aryl methyl sites for hydroxylation is 1. The number of carbonyl (C=O) groups excluding carboxylic acids is 1. The Hall–Kier alpha value is -2.20. The summed E-state index contributed by atoms with van der Waals surface area (Å²) in [6, 6.07) is 9.86. The van der Waals surface area contributed by atoms with Crippen LogP contribution in [-0.2, 0) is 0 Å². The van der Waals surface area contributed by atoms with E-state index in [0.717, 1.165) is 5.56 Å². The maximum absolute atomic E-state index is 12.2. The number of phenolic OH excluding ortho intramolecular Hbond substituents is 1. The van der Waals surface area contributed by atoms with Crippen LogP contribution in [0.5, 0.6) is 11.5 Å². The smallest absolute Gasteiger partial charge is 0.259 e. The van der Waals surface area contributed by atoms with E-state index in [4.69, 9.17) is 16.3 Å². The van der Waals surface area contributed by atoms with E-state index in [1.165, 1.54) is 19.2 Å². The van der Waals surface area contributed by atoms with Gasteiger partial charge >= 0.3 is 0 Å². The van der Waals surface area contributed by atoms with Crippen LogP contribution in [0.25, 0.3) is 0 Å². The number of halogens is 1. The number of aromatic hydroxyl groups is 1. The summed E-state index contributed by atoms with van der Waals surface area (Å²) >= 11 is 5.72. The normalized spacial score (nSPS) is 10.2. The first kappa shape index (κ1) is 14.2. The first-order chi connectivity index (χ1) is 9.51. The molecule has 2 rings (SSSR count). The number of carbonyl (C=O) groups is 1. The maximum atomic E-state index is 12.2. The Balaban J connectivity index is 2.27. The van der Waals surface area contributed by atoms with Crippen LogP contribution >= 0.6 is 11.6 Å². The van der Waals surface area contributed by atoms with Crippen molar-refractivity contribution < 1.29 is 14.6 Å². The lowest BCUT2D eigenvalue weighted by Gasteiger charge is -2.10. The van der Waals surface area contributed by atoms with Crippen LogP contribution in [0.1, 0.15) is 15.9 Å². The Morgan fingerprint density at radius 2 is 2.00 bits per heavy atom. The molecule has 104 valence electrons. The number of hydrogen-bond donors (Lipinski definition) is 2. The third kappa shape index (κ3) is 3.03. The predicted molar refractivity (Wildman–Crippen MR) is 78.8 cm³/mol. The largest absolute Gasteiger partial charge is 0.506 e. The first-order valence-electron chi connectivity index (χ1n) is 5.96. The first-order valence-corrected chi connectivity index (χ1v) is 6.33. The Bertz CT molecular complexity index is 656. The van der Waals surface area contributed by atoms with Crippen LogP contribution in [-0.4, -0.2) is 18.1 Å². The standard InChI is InChI=1S/C15H14ClNO3/c1-9-3-6-14(20-2)11(7-9)15(19)17-10-4-5-12(16)13(18)8-10/h3-8,18H,1-2H3,(H,17,19). The van der Waals surface area contributed by atoms with Crippen molar-refractivity contribution in [1.82, 2.24) is 0 Å². The van der Waals surface area contributed by atoms with Crippen molar-refractivity contribution >= 4 is 23.2 Å². The summed E-state index contributed by atoms with van der Waals surface area (Å²) < 4.78 is 5.17. The number of hydrogen-bond acceptors (Lipinski definition) is 3. The summed E-state index contributed by atoms with van der Waals surface area (Å²) in [4.78, 5) is 12.2. The van der Waals surface area contributed by atoms with E-state index < -0.39 is 0 Å². The number of amides is 1. The van der Waals surface area contributed by atoms with Crippen LogP contribution in [0.2, 0.25) is 5.02 Å². The highest BCUT2D eigenvalue weighted by Crippen LogP contribution is 2.27. The molecule has 0 saturated carbocycles. The minimum atomic E-state index is -0.313. The van der Waals surface area contributed by atoms with Gasteiger partial charge < -0.3 is 15.2 Å². The number of benzene rings is 2. The van der Waals surface area contributed by atoms with Gasteiger partial charge in [-0.25, -0.2) is 0 Å². The summed E-state index contributed by atoms with van der Waals surface area (Å²) in [5.74, 6) is 0.0965. The van der Waals surface area contributed by atoms with Crippen molar-refractivity contribution in [3.63, 3.8) is 0 Å². The van der Waals surface area contributed by atoms with E-state index in [0.29, 0.717) is 17.0 Å². The van der Waals surface area contributed by atoms with Gasteiger partial charge in [-0.15, -0.1) is 0 Å². The second kappa shape index (κ2) is 5.84. The summed E-state index contributed by atoms with van der Waals surface area (Å²) in [5.41, 5.74) is 1.84. The molecule has 0 aliphatic rings. The number of phenols is 1. The monoisotopic (exact) mass is 291 g/mol. The Labute approximate surface area is 122 Å². The molecule has 0 fully saturated rings. The molecule has 1 amide bonds. The summed E-state index contributed by atoms with van der Waals surface area (Å²) in [6.45, 7) is 1.89. The summed E-state index contributed by atoms with van der Waals surface area (Å²) in [7, 11) is 1.51. The molecule has 0 radical (unpaired) electrons. The van der Waals surface area contributed by atoms with Gasteiger partial charge in [0, 0.05) is 11.8 Å². The Morgan fingerprint density at radius 1 is 1.25 bits per heavy atom. The summed E-state index contributed by atoms with van der Waals surface area (Å²) in [5, 5.41) is 12.4. The fraction of sp³-hybridized carbons (Fsp3) is 0.133. The molecule has 0 spiro atoms. The van der Waals surface area contributed by atoms with Gasteiger partial charge in [-0.05, 0) is 31.2 Å². The van der Waals surface area contributed by atoms with Crippen molar-refractivity contribution in [2.24, 2.45) is 0 Å². The second-order valence-corrected chi connectivity index (χ2v) is 4.73. The van der Waals surface area contributed by atoms with Crippen molar-refractivity contribution in [3.8, 4) is 11.5 Å². The number of rotatable bonds is 3. The average molecular weight is 292 g/mol. The quantitative estimate of drug-likeness (QED) is 0.908. The van der Waals surface area contributed by atoms with Gasteiger partial charge in [-0.1, -0.05) is 23.2 Å². The fourth-order valence-electron chi connectivity index (χ4n) is 1.79. The molecule has 0 heterocycles. The van der Waals surface area contributed by atoms with Crippen LogP contribution in [0.3, 0.4) is 0 Å². The zero-order chi connectivity index (χ0) is 14.7. The molecule has 5 heteroatoms. The molecule has 2 aromatic rings. The van der Waals surface area contributed by atoms with Crippen molar-refractivity contribution in [2.75, 3.05) is 12.4 Å². The van der Waals surface area contributed by atoms with Gasteiger partial charge in [0.05, 0.1) is 17.7 Å². The van der Waals surface area contributed by atoms with Gasteiger partial charge in [0.25, 0.3) is 5.91 Å². The van der Waals surface area contributed by atoms with Gasteiger partial charge in [0.1, 0.15) is 11.5 Å². The molecule has 0 unspecified atom stereocenters. The molecule has 0 aromatic heterocycles. The van der Waals surface area contributed by atoms with Gasteiger partial charge in [-0.2, -0.15) is 0 Å². The lowest BCUT2D eigenvalue weighted by Crippen LogP contribution is -2.13. The van der Waals surface area contributed by atoms with E-state index in [1.807, 2.05) is 13.0 Å². The third-order valence-corrected chi connectivity index (χ3v) is 3.12. The fourth-order valence-corrected chi connectivity index (χ4v) is 1.91. The molecule has 2 N–H and O–H groups in total. The molecule has 0 aliphatic carbocycles. The SMILES string of the molecule is COc1ccc(C)cc1C(=O)Nc1ccc(Cl)c(O)c1. The maximum Gasteiger partial charge on any atom is 0.259 e. The lowest BCUT2D eigenvalue weighted by molar-refractivity contribution is 0.102. The van der Waals surface area contributed by atoms with Gasteiger partial charge in [-0.3, -0.25) is 4.79 Å². The number of ether oxygens (including phenoxy) is 1. The van der Waals surface area contributed by atoms with Crippen LogP contribution in [0, 0.1) is 6.92 Å². The van der Waals surface area contributed by atoms with Crippen LogP contribution in [0.15, 0.2) is 36.4 Å². The van der Waals surface area contributed by atoms with Crippen molar-refractivity contribution in [3.05, 3.63) is 52.5 Å². The number of anilines is 1. The zero-order valence-electron chi connectivity index (χ0n) is 11.1. The van der Waals surface area contributed by atoms with E-state index in [2.05, 4.69) is 5.32 Å². The van der Waals surface area contributed by atoms with E-state index >= 15 is 0 Å². The third-order valence-electron chi connectivity index (χ3n) is 2.80. The molecule has 20 heavy (non-hydrogen) atoms. The molecule has 0 aliphatic heterocycles. The second-order valence-electron chi connectivity index (χ2n) is 4.32. The molecule has 0 bridgehead atoms. The highest BCUT2D eigenvalue weighted by atomic mass is 35.5. The summed E-state index contributed by atoms with van der Waals surface area (Å²) in [6.07, 6.45) is 0. The number of nitrogens with one attached hydrogen (secondary N) is 1. The molecule has 0 saturated heterocycles. The Kier molecular flexibility index (Phi) is 4.15. The highest BCUT2D eigenvalue weighted by Gasteiger charge is 2.13. The number of methoxy groups -OCH3 is 1. The van der Waals surface area contributed by atoms with E-state index in [-0.39, 0.29) is 16.7 Å². The average Bonchev–Trinajstić information content (AvgIpc) is 2.43. The van der Waals surface area contributed by atoms with E-state index in [9.17, 15) is 9.90 Å². The van der Waals surface area contributed by atoms with E-state index in [1.54, 1.807) is 18.2 Å². The minimum Gasteiger partial charge on any atom is -0.506 e. The molecule has 4 nitrogen and oxygen atoms in total. The zero-order valence-corrected chi connectivity index (χ0v) is 11.9. The van der Waals surface area contributed by atoms with Gasteiger partial charge in [0.15, 0.2) is 0 Å². The Morgan fingerprint density at radius 3 is 2.65 bits per heavy atom. The lowest BCUT2D eigenvalue weighted by atomic mass is 10.1. The molecular weight excluding hydrogens is 278 g/mol. The molecular formula is C15H14ClNO3. The highest BCUT2D eigenvalue weighted by molar-refractivity contribution is 6.32. The van der Waals surface area contributed by atoms with Gasteiger partial charge in [0.2, 0.25) is 0 Å². The van der Waals surface area contributed by atoms with Crippen molar-refractivity contribution in [2.45, 2.75) is 6.92 Å². The van der Waals surface area contributed by atoms with Crippen LogP contribution < -0.4 is 10.1 Å². The van der Waals surface area contributed by atoms with Crippen LogP contribution in [0.4, 0.5) is 5.69 Å². The topological polar surface area (TPSA) is 58.6 Å².